The van der Waals surface area contributed by atoms with E-state index in [9.17, 15) is 4.79 Å². The highest BCUT2D eigenvalue weighted by molar-refractivity contribution is 5.86. The molecule has 0 heterocycles. The van der Waals surface area contributed by atoms with Crippen LogP contribution in [0.4, 0.5) is 0 Å². The first-order chi connectivity index (χ1) is 7.39. The first-order valence-corrected chi connectivity index (χ1v) is 5.65. The van der Waals surface area contributed by atoms with E-state index in [0.717, 1.165) is 13.0 Å². The van der Waals surface area contributed by atoms with Gasteiger partial charge in [-0.1, -0.05) is 20.4 Å². The molecule has 4 heteroatoms. The molecular weight excluding hydrogens is 206 g/mol. The van der Waals surface area contributed by atoms with Crippen molar-refractivity contribution in [2.75, 3.05) is 13.2 Å². The number of aliphatic carboxylic acids is 1. The van der Waals surface area contributed by atoms with Crippen molar-refractivity contribution in [3.63, 3.8) is 0 Å². The van der Waals surface area contributed by atoms with Gasteiger partial charge in [0.25, 0.3) is 0 Å². The number of carboxylic acids is 1. The first-order valence-electron chi connectivity index (χ1n) is 5.65. The highest BCUT2D eigenvalue weighted by Gasteiger charge is 2.48. The van der Waals surface area contributed by atoms with Gasteiger partial charge in [0.1, 0.15) is 0 Å². The van der Waals surface area contributed by atoms with Crippen LogP contribution in [0.1, 0.15) is 27.2 Å². The Kier molecular flexibility index (Phi) is 4.10. The number of carboxylic acid groups (broad SMARTS) is 1. The molecule has 0 spiro atoms. The van der Waals surface area contributed by atoms with Crippen LogP contribution in [0, 0.1) is 5.41 Å². The minimum Gasteiger partial charge on any atom is -0.478 e. The van der Waals surface area contributed by atoms with E-state index in [1.807, 2.05) is 6.92 Å². The van der Waals surface area contributed by atoms with Crippen molar-refractivity contribution in [3.05, 3.63) is 12.2 Å². The molecule has 4 nitrogen and oxygen atoms in total. The molecule has 0 aromatic heterocycles. The molecule has 92 valence electrons. The Morgan fingerprint density at radius 3 is 2.69 bits per heavy atom. The van der Waals surface area contributed by atoms with Crippen molar-refractivity contribution in [3.8, 4) is 0 Å². The summed E-state index contributed by atoms with van der Waals surface area (Å²) in [4.78, 5) is 10.6. The molecule has 0 bridgehead atoms. The van der Waals surface area contributed by atoms with Gasteiger partial charge in [-0.05, 0) is 13.3 Å². The van der Waals surface area contributed by atoms with Crippen LogP contribution in [-0.4, -0.2) is 36.4 Å². The summed E-state index contributed by atoms with van der Waals surface area (Å²) in [5, 5.41) is 11.9. The summed E-state index contributed by atoms with van der Waals surface area (Å²) in [5.74, 6) is -0.939. The Hall–Kier alpha value is -0.870. The SMILES string of the molecule is C=C(CNC1CC(OCC)C1(C)C)C(=O)O. The van der Waals surface area contributed by atoms with Gasteiger partial charge in [0.2, 0.25) is 0 Å². The van der Waals surface area contributed by atoms with Crippen LogP contribution in [0.3, 0.4) is 0 Å². The van der Waals surface area contributed by atoms with Gasteiger partial charge in [-0.15, -0.1) is 0 Å². The molecule has 0 amide bonds. The highest BCUT2D eigenvalue weighted by atomic mass is 16.5. The predicted octanol–water partition coefficient (Wildman–Crippen LogP) is 1.42. The average molecular weight is 227 g/mol. The summed E-state index contributed by atoms with van der Waals surface area (Å²) < 4.78 is 5.60. The number of hydrogen-bond acceptors (Lipinski definition) is 3. The van der Waals surface area contributed by atoms with Crippen molar-refractivity contribution in [1.82, 2.24) is 5.32 Å². The molecule has 1 aliphatic carbocycles. The van der Waals surface area contributed by atoms with Crippen molar-refractivity contribution in [2.45, 2.75) is 39.3 Å². The van der Waals surface area contributed by atoms with Crippen molar-refractivity contribution >= 4 is 5.97 Å². The van der Waals surface area contributed by atoms with Gasteiger partial charge >= 0.3 is 5.97 Å². The molecule has 1 rings (SSSR count). The molecule has 2 unspecified atom stereocenters. The van der Waals surface area contributed by atoms with Crippen LogP contribution in [0.2, 0.25) is 0 Å². The van der Waals surface area contributed by atoms with Crippen LogP contribution >= 0.6 is 0 Å². The maximum absolute atomic E-state index is 10.6. The second-order valence-corrected chi connectivity index (χ2v) is 4.84. The Bertz CT molecular complexity index is 286. The average Bonchev–Trinajstić information content (AvgIpc) is 2.21. The van der Waals surface area contributed by atoms with Crippen LogP contribution < -0.4 is 5.32 Å². The predicted molar refractivity (Wildman–Crippen MR) is 62.4 cm³/mol. The van der Waals surface area contributed by atoms with E-state index in [0.29, 0.717) is 12.6 Å². The summed E-state index contributed by atoms with van der Waals surface area (Å²) in [6.07, 6.45) is 1.21. The van der Waals surface area contributed by atoms with E-state index < -0.39 is 5.97 Å². The summed E-state index contributed by atoms with van der Waals surface area (Å²) >= 11 is 0. The molecule has 1 aliphatic rings. The van der Waals surface area contributed by atoms with Crippen LogP contribution in [0.5, 0.6) is 0 Å². The number of ether oxygens (including phenoxy) is 1. The quantitative estimate of drug-likeness (QED) is 0.674. The number of carbonyl (C=O) groups is 1. The largest absolute Gasteiger partial charge is 0.478 e. The lowest BCUT2D eigenvalue weighted by Gasteiger charge is -2.52. The third kappa shape index (κ3) is 2.62. The summed E-state index contributed by atoms with van der Waals surface area (Å²) in [6.45, 7) is 10.8. The molecule has 16 heavy (non-hydrogen) atoms. The maximum atomic E-state index is 10.6. The van der Waals surface area contributed by atoms with E-state index >= 15 is 0 Å². The maximum Gasteiger partial charge on any atom is 0.332 e. The van der Waals surface area contributed by atoms with Gasteiger partial charge < -0.3 is 15.2 Å². The Morgan fingerprint density at radius 1 is 1.62 bits per heavy atom. The minimum atomic E-state index is -0.939. The zero-order valence-electron chi connectivity index (χ0n) is 10.2. The van der Waals surface area contributed by atoms with Gasteiger partial charge in [-0.25, -0.2) is 4.79 Å². The minimum absolute atomic E-state index is 0.0643. The zero-order chi connectivity index (χ0) is 12.3. The molecule has 0 radical (unpaired) electrons. The van der Waals surface area contributed by atoms with Gasteiger partial charge in [-0.2, -0.15) is 0 Å². The van der Waals surface area contributed by atoms with Gasteiger partial charge in [-0.3, -0.25) is 0 Å². The molecular formula is C12H21NO3. The molecule has 2 N–H and O–H groups in total. The van der Waals surface area contributed by atoms with E-state index in [2.05, 4.69) is 25.7 Å². The summed E-state index contributed by atoms with van der Waals surface area (Å²) in [5.41, 5.74) is 0.269. The van der Waals surface area contributed by atoms with Crippen molar-refractivity contribution in [2.24, 2.45) is 5.41 Å². The molecule has 0 aliphatic heterocycles. The van der Waals surface area contributed by atoms with Crippen molar-refractivity contribution in [1.29, 1.82) is 0 Å². The summed E-state index contributed by atoms with van der Waals surface area (Å²) in [7, 11) is 0. The van der Waals surface area contributed by atoms with Crippen LogP contribution in [0.15, 0.2) is 12.2 Å². The van der Waals surface area contributed by atoms with Crippen LogP contribution in [0.25, 0.3) is 0 Å². The van der Waals surface area contributed by atoms with Crippen molar-refractivity contribution < 1.29 is 14.6 Å². The smallest absolute Gasteiger partial charge is 0.332 e. The van der Waals surface area contributed by atoms with E-state index in [1.165, 1.54) is 0 Å². The third-order valence-electron chi connectivity index (χ3n) is 3.41. The topological polar surface area (TPSA) is 58.6 Å². The fourth-order valence-corrected chi connectivity index (χ4v) is 2.04. The molecule has 0 aromatic rings. The van der Waals surface area contributed by atoms with Gasteiger partial charge in [0, 0.05) is 30.2 Å². The number of nitrogens with one attached hydrogen (secondary N) is 1. The third-order valence-corrected chi connectivity index (χ3v) is 3.41. The zero-order valence-corrected chi connectivity index (χ0v) is 10.2. The molecule has 2 atom stereocenters. The van der Waals surface area contributed by atoms with E-state index in [4.69, 9.17) is 9.84 Å². The van der Waals surface area contributed by atoms with E-state index in [1.54, 1.807) is 0 Å². The monoisotopic (exact) mass is 227 g/mol. The Balaban J connectivity index is 2.36. The molecule has 1 saturated carbocycles. The normalized spacial score (nSPS) is 27.2. The van der Waals surface area contributed by atoms with E-state index in [-0.39, 0.29) is 17.1 Å². The Labute approximate surface area is 96.7 Å². The lowest BCUT2D eigenvalue weighted by atomic mass is 9.64. The lowest BCUT2D eigenvalue weighted by Crippen LogP contribution is -2.61. The first kappa shape index (κ1) is 13.2. The second kappa shape index (κ2) is 4.97. The van der Waals surface area contributed by atoms with Gasteiger partial charge in [0.05, 0.1) is 6.10 Å². The highest BCUT2D eigenvalue weighted by Crippen LogP contribution is 2.42. The fourth-order valence-electron chi connectivity index (χ4n) is 2.04. The lowest BCUT2D eigenvalue weighted by molar-refractivity contribution is -0.133. The van der Waals surface area contributed by atoms with Crippen LogP contribution in [-0.2, 0) is 9.53 Å². The standard InChI is InChI=1S/C12H21NO3/c1-5-16-10-6-9(12(10,3)4)13-7-8(2)11(14)15/h9-10,13H,2,5-7H2,1,3-4H3,(H,14,15). The number of rotatable bonds is 6. The number of hydrogen-bond donors (Lipinski definition) is 2. The second-order valence-electron chi connectivity index (χ2n) is 4.84. The molecule has 0 saturated heterocycles. The van der Waals surface area contributed by atoms with Gasteiger partial charge in [0.15, 0.2) is 0 Å². The fraction of sp³-hybridized carbons (Fsp3) is 0.750. The Morgan fingerprint density at radius 2 is 2.25 bits per heavy atom. The summed E-state index contributed by atoms with van der Waals surface area (Å²) in [6, 6.07) is 0.306. The molecule has 1 fully saturated rings. The molecule has 0 aromatic carbocycles.